The van der Waals surface area contributed by atoms with Crippen molar-refractivity contribution in [3.8, 4) is 0 Å². The van der Waals surface area contributed by atoms with E-state index in [1.807, 2.05) is 6.07 Å². The number of pyridine rings is 1. The van der Waals surface area contributed by atoms with Crippen LogP contribution in [0.1, 0.15) is 10.4 Å². The standard InChI is InChI=1S/C8H5IN2O2/c9-7-2-5-6(11-7)1-4(3-10-5)8(12)13/h1-3,11H,(H,12,13). The molecule has 0 spiro atoms. The fourth-order valence-electron chi connectivity index (χ4n) is 1.09. The predicted molar refractivity (Wildman–Crippen MR) is 55.8 cm³/mol. The Kier molecular flexibility index (Phi) is 1.95. The minimum Gasteiger partial charge on any atom is -0.478 e. The fraction of sp³-hybridized carbons (Fsp3) is 0. The smallest absolute Gasteiger partial charge is 0.337 e. The Bertz CT molecular complexity index is 478. The molecular formula is C8H5IN2O2. The summed E-state index contributed by atoms with van der Waals surface area (Å²) in [5, 5.41) is 8.70. The lowest BCUT2D eigenvalue weighted by Gasteiger charge is -1.92. The van der Waals surface area contributed by atoms with Crippen LogP contribution >= 0.6 is 22.6 Å². The summed E-state index contributed by atoms with van der Waals surface area (Å²) < 4.78 is 0.947. The van der Waals surface area contributed by atoms with Crippen LogP contribution in [-0.4, -0.2) is 21.0 Å². The number of carboxylic acids is 1. The van der Waals surface area contributed by atoms with Crippen LogP contribution in [-0.2, 0) is 0 Å². The van der Waals surface area contributed by atoms with E-state index in [1.165, 1.54) is 6.20 Å². The van der Waals surface area contributed by atoms with E-state index in [4.69, 9.17) is 5.11 Å². The van der Waals surface area contributed by atoms with Crippen molar-refractivity contribution in [2.45, 2.75) is 0 Å². The number of aromatic carboxylic acids is 1. The topological polar surface area (TPSA) is 66.0 Å². The van der Waals surface area contributed by atoms with Gasteiger partial charge < -0.3 is 10.1 Å². The van der Waals surface area contributed by atoms with Crippen LogP contribution in [0.25, 0.3) is 11.0 Å². The van der Waals surface area contributed by atoms with Gasteiger partial charge in [-0.3, -0.25) is 4.98 Å². The molecule has 0 bridgehead atoms. The van der Waals surface area contributed by atoms with Crippen molar-refractivity contribution >= 4 is 39.6 Å². The molecule has 66 valence electrons. The van der Waals surface area contributed by atoms with Gasteiger partial charge in [0.15, 0.2) is 0 Å². The zero-order chi connectivity index (χ0) is 9.42. The Labute approximate surface area is 87.1 Å². The van der Waals surface area contributed by atoms with Gasteiger partial charge in [-0.25, -0.2) is 4.79 Å². The van der Waals surface area contributed by atoms with Crippen LogP contribution in [0.5, 0.6) is 0 Å². The van der Waals surface area contributed by atoms with Gasteiger partial charge in [0.2, 0.25) is 0 Å². The normalized spacial score (nSPS) is 10.5. The Morgan fingerprint density at radius 1 is 1.54 bits per heavy atom. The van der Waals surface area contributed by atoms with Gasteiger partial charge in [-0.2, -0.15) is 0 Å². The molecule has 2 heterocycles. The first-order chi connectivity index (χ1) is 6.16. The van der Waals surface area contributed by atoms with Crippen LogP contribution in [0.2, 0.25) is 0 Å². The van der Waals surface area contributed by atoms with Crippen molar-refractivity contribution in [2.75, 3.05) is 0 Å². The predicted octanol–water partition coefficient (Wildman–Crippen LogP) is 1.87. The summed E-state index contributed by atoms with van der Waals surface area (Å²) in [4.78, 5) is 17.6. The third-order valence-electron chi connectivity index (χ3n) is 1.68. The molecule has 0 saturated carbocycles. The number of rotatable bonds is 1. The maximum atomic E-state index is 10.6. The van der Waals surface area contributed by atoms with E-state index in [-0.39, 0.29) is 5.56 Å². The maximum Gasteiger partial charge on any atom is 0.337 e. The van der Waals surface area contributed by atoms with Crippen LogP contribution in [0.4, 0.5) is 0 Å². The molecule has 0 aromatic carbocycles. The van der Waals surface area contributed by atoms with Gasteiger partial charge in [0.25, 0.3) is 0 Å². The van der Waals surface area contributed by atoms with E-state index in [1.54, 1.807) is 6.07 Å². The molecule has 0 amide bonds. The van der Waals surface area contributed by atoms with Crippen molar-refractivity contribution in [1.29, 1.82) is 0 Å². The molecule has 0 saturated heterocycles. The number of hydrogen-bond donors (Lipinski definition) is 2. The van der Waals surface area contributed by atoms with Crippen LogP contribution in [0.3, 0.4) is 0 Å². The number of carbonyl (C=O) groups is 1. The lowest BCUT2D eigenvalue weighted by Crippen LogP contribution is -1.96. The van der Waals surface area contributed by atoms with E-state index in [0.717, 1.165) is 14.7 Å². The number of hydrogen-bond acceptors (Lipinski definition) is 2. The van der Waals surface area contributed by atoms with E-state index >= 15 is 0 Å². The first-order valence-electron chi connectivity index (χ1n) is 3.54. The molecule has 5 heteroatoms. The number of nitrogens with one attached hydrogen (secondary N) is 1. The maximum absolute atomic E-state index is 10.6. The Balaban J connectivity index is 2.67. The Morgan fingerprint density at radius 3 is 3.00 bits per heavy atom. The number of halogens is 1. The molecule has 0 aliphatic heterocycles. The van der Waals surface area contributed by atoms with Crippen molar-refractivity contribution in [3.63, 3.8) is 0 Å². The van der Waals surface area contributed by atoms with E-state index in [2.05, 4.69) is 32.6 Å². The summed E-state index contributed by atoms with van der Waals surface area (Å²) >= 11 is 2.12. The number of aromatic nitrogens is 2. The molecule has 0 atom stereocenters. The molecule has 0 aliphatic rings. The molecule has 0 fully saturated rings. The number of aromatic amines is 1. The van der Waals surface area contributed by atoms with E-state index in [0.29, 0.717) is 0 Å². The van der Waals surface area contributed by atoms with E-state index < -0.39 is 5.97 Å². The molecule has 2 rings (SSSR count). The highest BCUT2D eigenvalue weighted by Crippen LogP contribution is 2.15. The van der Waals surface area contributed by atoms with Crippen molar-refractivity contribution in [1.82, 2.24) is 9.97 Å². The first kappa shape index (κ1) is 8.49. The summed E-state index contributed by atoms with van der Waals surface area (Å²) in [5.41, 5.74) is 1.74. The zero-order valence-corrected chi connectivity index (χ0v) is 8.57. The number of fused-ring (bicyclic) bond motifs is 1. The van der Waals surface area contributed by atoms with Crippen molar-refractivity contribution < 1.29 is 9.90 Å². The van der Waals surface area contributed by atoms with Crippen molar-refractivity contribution in [3.05, 3.63) is 27.6 Å². The van der Waals surface area contributed by atoms with Gasteiger partial charge in [-0.15, -0.1) is 0 Å². The SMILES string of the molecule is O=C(O)c1cnc2cc(I)[nH]c2c1. The summed E-state index contributed by atoms with van der Waals surface area (Å²) in [6, 6.07) is 3.44. The molecule has 2 N–H and O–H groups in total. The molecular weight excluding hydrogens is 283 g/mol. The van der Waals surface area contributed by atoms with E-state index in [9.17, 15) is 4.79 Å². The first-order valence-corrected chi connectivity index (χ1v) is 4.62. The highest BCUT2D eigenvalue weighted by molar-refractivity contribution is 14.1. The average molecular weight is 288 g/mol. The number of carboxylic acid groups (broad SMARTS) is 1. The monoisotopic (exact) mass is 288 g/mol. The molecule has 4 nitrogen and oxygen atoms in total. The van der Waals surface area contributed by atoms with Gasteiger partial charge in [0.05, 0.1) is 20.3 Å². The van der Waals surface area contributed by atoms with Gasteiger partial charge in [-0.05, 0) is 34.7 Å². The lowest BCUT2D eigenvalue weighted by atomic mass is 10.2. The summed E-state index contributed by atoms with van der Waals surface area (Å²) in [5.74, 6) is -0.959. The van der Waals surface area contributed by atoms with Gasteiger partial charge in [0.1, 0.15) is 0 Å². The molecule has 13 heavy (non-hydrogen) atoms. The largest absolute Gasteiger partial charge is 0.478 e. The lowest BCUT2D eigenvalue weighted by molar-refractivity contribution is 0.0696. The van der Waals surface area contributed by atoms with Gasteiger partial charge in [-0.1, -0.05) is 0 Å². The minimum absolute atomic E-state index is 0.200. The second kappa shape index (κ2) is 2.99. The van der Waals surface area contributed by atoms with Gasteiger partial charge >= 0.3 is 5.97 Å². The third-order valence-corrected chi connectivity index (χ3v) is 2.26. The molecule has 0 aliphatic carbocycles. The highest BCUT2D eigenvalue weighted by Gasteiger charge is 2.05. The zero-order valence-electron chi connectivity index (χ0n) is 6.41. The molecule has 2 aromatic heterocycles. The second-order valence-electron chi connectivity index (χ2n) is 2.58. The summed E-state index contributed by atoms with van der Waals surface area (Å²) in [7, 11) is 0. The minimum atomic E-state index is -0.959. The van der Waals surface area contributed by atoms with Crippen LogP contribution in [0.15, 0.2) is 18.3 Å². The number of H-pyrrole nitrogens is 1. The summed E-state index contributed by atoms with van der Waals surface area (Å²) in [6.45, 7) is 0. The quantitative estimate of drug-likeness (QED) is 0.787. The molecule has 2 aromatic rings. The highest BCUT2D eigenvalue weighted by atomic mass is 127. The summed E-state index contributed by atoms with van der Waals surface area (Å²) in [6.07, 6.45) is 1.36. The van der Waals surface area contributed by atoms with Crippen molar-refractivity contribution in [2.24, 2.45) is 0 Å². The third kappa shape index (κ3) is 1.51. The average Bonchev–Trinajstić information content (AvgIpc) is 2.42. The van der Waals surface area contributed by atoms with Gasteiger partial charge in [0, 0.05) is 6.20 Å². The Hall–Kier alpha value is -1.11. The van der Waals surface area contributed by atoms with Crippen LogP contribution in [0, 0.1) is 3.70 Å². The molecule has 0 unspecified atom stereocenters. The number of nitrogens with zero attached hydrogens (tertiary/aromatic N) is 1. The molecule has 0 radical (unpaired) electrons. The Morgan fingerprint density at radius 2 is 2.31 bits per heavy atom. The second-order valence-corrected chi connectivity index (χ2v) is 3.74. The van der Waals surface area contributed by atoms with Crippen LogP contribution < -0.4 is 0 Å². The fourth-order valence-corrected chi connectivity index (χ4v) is 1.68.